The molecule has 0 amide bonds. The van der Waals surface area contributed by atoms with Crippen molar-refractivity contribution in [3.8, 4) is 0 Å². The summed E-state index contributed by atoms with van der Waals surface area (Å²) in [6.45, 7) is 5.47. The molecule has 1 atom stereocenters. The van der Waals surface area contributed by atoms with E-state index in [1.165, 1.54) is 8.61 Å². The second-order valence-electron chi connectivity index (χ2n) is 4.96. The molecule has 1 aliphatic rings. The van der Waals surface area contributed by atoms with E-state index in [-0.39, 0.29) is 25.8 Å². The van der Waals surface area contributed by atoms with Gasteiger partial charge in [0.15, 0.2) is 0 Å². The second kappa shape index (κ2) is 7.35. The number of hydrogen-bond acceptors (Lipinski definition) is 5. The van der Waals surface area contributed by atoms with Crippen LogP contribution in [0, 0.1) is 0 Å². The molecular weight excluding hydrogens is 284 g/mol. The van der Waals surface area contributed by atoms with Crippen molar-refractivity contribution in [2.75, 3.05) is 26.3 Å². The molecule has 0 spiro atoms. The average molecular weight is 308 g/mol. The average Bonchev–Trinajstić information content (AvgIpc) is 2.85. The van der Waals surface area contributed by atoms with E-state index >= 15 is 0 Å². The number of hydrogen-bond donors (Lipinski definition) is 1. The fraction of sp³-hybridized carbons (Fsp3) is 0.917. The highest BCUT2D eigenvalue weighted by Crippen LogP contribution is 2.25. The maximum atomic E-state index is 12.6. The first-order valence-corrected chi connectivity index (χ1v) is 8.32. The number of esters is 1. The molecule has 0 aromatic heterocycles. The van der Waals surface area contributed by atoms with Crippen LogP contribution in [0.25, 0.3) is 0 Å². The number of carbonyl (C=O) groups is 1. The van der Waals surface area contributed by atoms with Gasteiger partial charge in [-0.2, -0.15) is 17.0 Å². The first-order valence-electron chi connectivity index (χ1n) is 6.92. The number of nitrogens with zero attached hydrogens (tertiary/aromatic N) is 2. The summed E-state index contributed by atoms with van der Waals surface area (Å²) in [6.07, 6.45) is 1.11. The van der Waals surface area contributed by atoms with Gasteiger partial charge in [0.05, 0.1) is 13.2 Å². The third-order valence-electron chi connectivity index (χ3n) is 3.25. The highest BCUT2D eigenvalue weighted by atomic mass is 32.2. The summed E-state index contributed by atoms with van der Waals surface area (Å²) < 4.78 is 32.6. The first kappa shape index (κ1) is 17.4. The van der Waals surface area contributed by atoms with Gasteiger partial charge >= 0.3 is 5.97 Å². The first-order chi connectivity index (χ1) is 9.36. The largest absolute Gasteiger partial charge is 0.465 e. The van der Waals surface area contributed by atoms with Gasteiger partial charge in [0.2, 0.25) is 0 Å². The van der Waals surface area contributed by atoms with Crippen molar-refractivity contribution < 1.29 is 23.1 Å². The van der Waals surface area contributed by atoms with Crippen LogP contribution >= 0.6 is 0 Å². The molecule has 1 fully saturated rings. The van der Waals surface area contributed by atoms with Crippen molar-refractivity contribution in [1.29, 1.82) is 0 Å². The molecule has 0 radical (unpaired) electrons. The fourth-order valence-electron chi connectivity index (χ4n) is 2.36. The van der Waals surface area contributed by atoms with Gasteiger partial charge in [0.25, 0.3) is 10.2 Å². The van der Waals surface area contributed by atoms with Gasteiger partial charge in [-0.1, -0.05) is 0 Å². The van der Waals surface area contributed by atoms with E-state index in [1.54, 1.807) is 20.8 Å². The van der Waals surface area contributed by atoms with Gasteiger partial charge in [-0.05, 0) is 33.6 Å². The third kappa shape index (κ3) is 3.69. The van der Waals surface area contributed by atoms with E-state index in [0.29, 0.717) is 19.4 Å². The Kier molecular flexibility index (Phi) is 6.38. The Morgan fingerprint density at radius 2 is 2.15 bits per heavy atom. The van der Waals surface area contributed by atoms with Crippen LogP contribution in [-0.4, -0.2) is 66.5 Å². The lowest BCUT2D eigenvalue weighted by Gasteiger charge is -2.32. The predicted molar refractivity (Wildman–Crippen MR) is 74.2 cm³/mol. The molecule has 0 aromatic rings. The molecule has 118 valence electrons. The molecule has 8 heteroatoms. The Hall–Kier alpha value is -0.700. The molecule has 1 unspecified atom stereocenters. The van der Waals surface area contributed by atoms with Crippen LogP contribution in [0.5, 0.6) is 0 Å². The van der Waals surface area contributed by atoms with E-state index in [4.69, 9.17) is 9.84 Å². The zero-order valence-corrected chi connectivity index (χ0v) is 13.1. The lowest BCUT2D eigenvalue weighted by molar-refractivity contribution is -0.146. The predicted octanol–water partition coefficient (Wildman–Crippen LogP) is -0.0386. The fourth-order valence-corrected chi connectivity index (χ4v) is 4.35. The van der Waals surface area contributed by atoms with E-state index in [1.807, 2.05) is 0 Å². The number of ether oxygens (including phenoxy) is 1. The van der Waals surface area contributed by atoms with Crippen LogP contribution in [0.1, 0.15) is 33.6 Å². The quantitative estimate of drug-likeness (QED) is 0.667. The normalized spacial score (nSPS) is 20.8. The van der Waals surface area contributed by atoms with Crippen molar-refractivity contribution in [2.45, 2.75) is 45.7 Å². The zero-order chi connectivity index (χ0) is 15.3. The molecular formula is C12H24N2O5S. The summed E-state index contributed by atoms with van der Waals surface area (Å²) in [5.41, 5.74) is 0. The van der Waals surface area contributed by atoms with Gasteiger partial charge in [-0.15, -0.1) is 0 Å². The van der Waals surface area contributed by atoms with Crippen LogP contribution in [0.15, 0.2) is 0 Å². The Morgan fingerprint density at radius 3 is 2.65 bits per heavy atom. The summed E-state index contributed by atoms with van der Waals surface area (Å²) >= 11 is 0. The monoisotopic (exact) mass is 308 g/mol. The Labute approximate surface area is 120 Å². The van der Waals surface area contributed by atoms with Gasteiger partial charge in [-0.25, -0.2) is 0 Å². The molecule has 0 bridgehead atoms. The molecule has 1 rings (SSSR count). The van der Waals surface area contributed by atoms with Crippen LogP contribution in [-0.2, 0) is 19.7 Å². The summed E-state index contributed by atoms with van der Waals surface area (Å²) in [6, 6.07) is -1.03. The Balaban J connectivity index is 2.97. The van der Waals surface area contributed by atoms with E-state index < -0.39 is 22.2 Å². The minimum absolute atomic E-state index is 0.0199. The lowest BCUT2D eigenvalue weighted by atomic mass is 10.2. The Bertz CT molecular complexity index is 424. The molecule has 0 saturated carbocycles. The van der Waals surface area contributed by atoms with Gasteiger partial charge in [-0.3, -0.25) is 4.79 Å². The van der Waals surface area contributed by atoms with Crippen molar-refractivity contribution in [2.24, 2.45) is 0 Å². The molecule has 1 heterocycles. The number of rotatable bonds is 7. The topological polar surface area (TPSA) is 87.2 Å². The van der Waals surface area contributed by atoms with Crippen molar-refractivity contribution in [3.05, 3.63) is 0 Å². The molecule has 1 N–H and O–H groups in total. The van der Waals surface area contributed by atoms with Gasteiger partial charge in [0, 0.05) is 19.1 Å². The Morgan fingerprint density at radius 1 is 1.50 bits per heavy atom. The molecule has 20 heavy (non-hydrogen) atoms. The minimum atomic E-state index is -3.77. The molecule has 1 saturated heterocycles. The van der Waals surface area contributed by atoms with Crippen molar-refractivity contribution >= 4 is 16.2 Å². The lowest BCUT2D eigenvalue weighted by Crippen LogP contribution is -2.51. The van der Waals surface area contributed by atoms with Gasteiger partial charge in [0.1, 0.15) is 6.04 Å². The van der Waals surface area contributed by atoms with E-state index in [0.717, 1.165) is 0 Å². The zero-order valence-electron chi connectivity index (χ0n) is 12.3. The van der Waals surface area contributed by atoms with E-state index in [2.05, 4.69) is 0 Å². The molecule has 0 aromatic carbocycles. The summed E-state index contributed by atoms with van der Waals surface area (Å²) in [5.74, 6) is -0.499. The summed E-state index contributed by atoms with van der Waals surface area (Å²) in [7, 11) is -3.77. The van der Waals surface area contributed by atoms with E-state index in [9.17, 15) is 13.2 Å². The van der Waals surface area contributed by atoms with Crippen molar-refractivity contribution in [1.82, 2.24) is 8.61 Å². The van der Waals surface area contributed by atoms with Crippen LogP contribution < -0.4 is 0 Å². The smallest absolute Gasteiger partial charge is 0.324 e. The SMILES string of the molecule is CCOC(=O)C1CCCN1S(=O)(=O)N(CCO)C(C)C. The maximum Gasteiger partial charge on any atom is 0.324 e. The van der Waals surface area contributed by atoms with Crippen LogP contribution in [0.2, 0.25) is 0 Å². The standard InChI is InChI=1S/C12H24N2O5S/c1-4-19-12(16)11-6-5-7-14(11)20(17,18)13(8-9-15)10(2)3/h10-11,15H,4-9H2,1-3H3. The summed E-state index contributed by atoms with van der Waals surface area (Å²) in [5, 5.41) is 9.03. The highest BCUT2D eigenvalue weighted by Gasteiger charge is 2.42. The van der Waals surface area contributed by atoms with Crippen LogP contribution in [0.4, 0.5) is 0 Å². The van der Waals surface area contributed by atoms with Gasteiger partial charge < -0.3 is 9.84 Å². The maximum absolute atomic E-state index is 12.6. The molecule has 1 aliphatic heterocycles. The number of aliphatic hydroxyl groups is 1. The van der Waals surface area contributed by atoms with Crippen LogP contribution in [0.3, 0.4) is 0 Å². The summed E-state index contributed by atoms with van der Waals surface area (Å²) in [4.78, 5) is 11.9. The highest BCUT2D eigenvalue weighted by molar-refractivity contribution is 7.86. The minimum Gasteiger partial charge on any atom is -0.465 e. The second-order valence-corrected chi connectivity index (χ2v) is 6.79. The molecule has 7 nitrogen and oxygen atoms in total. The number of aliphatic hydroxyl groups excluding tert-OH is 1. The number of carbonyl (C=O) groups excluding carboxylic acids is 1. The van der Waals surface area contributed by atoms with Crippen molar-refractivity contribution in [3.63, 3.8) is 0 Å². The molecule has 0 aliphatic carbocycles. The third-order valence-corrected chi connectivity index (χ3v) is 5.48.